The lowest BCUT2D eigenvalue weighted by atomic mass is 10.0. The van der Waals surface area contributed by atoms with Crippen molar-refractivity contribution in [3.63, 3.8) is 0 Å². The van der Waals surface area contributed by atoms with Gasteiger partial charge in [0.25, 0.3) is 0 Å². The van der Waals surface area contributed by atoms with Gasteiger partial charge in [0, 0.05) is 35.9 Å². The van der Waals surface area contributed by atoms with Crippen LogP contribution in [0.15, 0.2) is 18.2 Å². The molecule has 1 heterocycles. The molecule has 3 rings (SSSR count). The number of nitrogens with two attached hydrogens (primary N) is 1. The number of nitrogens with zero attached hydrogens (tertiary/aromatic N) is 1. The van der Waals surface area contributed by atoms with Crippen molar-refractivity contribution < 1.29 is 0 Å². The van der Waals surface area contributed by atoms with Crippen LogP contribution in [0.4, 0.5) is 5.69 Å². The minimum Gasteiger partial charge on any atom is -0.371 e. The van der Waals surface area contributed by atoms with Gasteiger partial charge < -0.3 is 10.6 Å². The van der Waals surface area contributed by atoms with Crippen LogP contribution in [0.25, 0.3) is 0 Å². The van der Waals surface area contributed by atoms with Gasteiger partial charge in [-0.3, -0.25) is 0 Å². The third-order valence-electron chi connectivity index (χ3n) is 4.37. The third-order valence-corrected chi connectivity index (χ3v) is 4.72. The van der Waals surface area contributed by atoms with Gasteiger partial charge in [-0.1, -0.05) is 24.1 Å². The number of fused-ring (bicyclic) bond motifs is 1. The van der Waals surface area contributed by atoms with Crippen LogP contribution in [-0.2, 0) is 6.54 Å². The van der Waals surface area contributed by atoms with E-state index in [1.54, 1.807) is 0 Å². The summed E-state index contributed by atoms with van der Waals surface area (Å²) in [6.45, 7) is 2.91. The lowest BCUT2D eigenvalue weighted by Gasteiger charge is -2.23. The Bertz CT molecular complexity index is 407. The summed E-state index contributed by atoms with van der Waals surface area (Å²) in [5.41, 5.74) is 8.19. The van der Waals surface area contributed by atoms with Crippen molar-refractivity contribution >= 4 is 17.3 Å². The molecule has 1 aliphatic heterocycles. The van der Waals surface area contributed by atoms with Crippen molar-refractivity contribution in [1.82, 2.24) is 0 Å². The second kappa shape index (κ2) is 4.51. The highest BCUT2D eigenvalue weighted by Crippen LogP contribution is 2.41. The van der Waals surface area contributed by atoms with Crippen molar-refractivity contribution in [3.8, 4) is 0 Å². The molecule has 1 aromatic carbocycles. The van der Waals surface area contributed by atoms with E-state index in [4.69, 9.17) is 17.3 Å². The van der Waals surface area contributed by atoms with E-state index in [0.717, 1.165) is 22.4 Å². The average molecular weight is 251 g/mol. The fourth-order valence-electron chi connectivity index (χ4n) is 3.48. The van der Waals surface area contributed by atoms with E-state index < -0.39 is 0 Å². The molecule has 1 saturated carbocycles. The zero-order chi connectivity index (χ0) is 11.8. The molecule has 0 amide bonds. The highest BCUT2D eigenvalue weighted by atomic mass is 35.5. The first-order chi connectivity index (χ1) is 8.29. The molecule has 3 heteroatoms. The summed E-state index contributed by atoms with van der Waals surface area (Å²) in [7, 11) is 0. The molecule has 1 saturated heterocycles. The second-order valence-electron chi connectivity index (χ2n) is 5.30. The van der Waals surface area contributed by atoms with Gasteiger partial charge in [-0.2, -0.15) is 0 Å². The van der Waals surface area contributed by atoms with E-state index in [2.05, 4.69) is 11.0 Å². The summed E-state index contributed by atoms with van der Waals surface area (Å²) in [6, 6.07) is 6.13. The lowest BCUT2D eigenvalue weighted by molar-refractivity contribution is 0.494. The molecule has 2 fully saturated rings. The molecule has 0 bridgehead atoms. The predicted molar refractivity (Wildman–Crippen MR) is 72.4 cm³/mol. The maximum absolute atomic E-state index is 6.22. The molecule has 1 aliphatic carbocycles. The van der Waals surface area contributed by atoms with Crippen molar-refractivity contribution in [1.29, 1.82) is 0 Å². The molecule has 92 valence electrons. The molecule has 2 aliphatic rings. The highest BCUT2D eigenvalue weighted by molar-refractivity contribution is 6.31. The van der Waals surface area contributed by atoms with Gasteiger partial charge in [-0.25, -0.2) is 0 Å². The van der Waals surface area contributed by atoms with Crippen LogP contribution in [0.2, 0.25) is 5.02 Å². The van der Waals surface area contributed by atoms with Crippen molar-refractivity contribution in [2.24, 2.45) is 17.6 Å². The van der Waals surface area contributed by atoms with Gasteiger partial charge in [0.15, 0.2) is 0 Å². The van der Waals surface area contributed by atoms with Crippen molar-refractivity contribution in [2.45, 2.75) is 25.8 Å². The largest absolute Gasteiger partial charge is 0.371 e. The van der Waals surface area contributed by atoms with Gasteiger partial charge in [0.1, 0.15) is 0 Å². The van der Waals surface area contributed by atoms with Crippen LogP contribution in [0, 0.1) is 11.8 Å². The number of rotatable bonds is 2. The van der Waals surface area contributed by atoms with Crippen LogP contribution in [-0.4, -0.2) is 13.1 Å². The quantitative estimate of drug-likeness (QED) is 0.874. The number of benzene rings is 1. The van der Waals surface area contributed by atoms with Gasteiger partial charge in [-0.15, -0.1) is 0 Å². The van der Waals surface area contributed by atoms with E-state index >= 15 is 0 Å². The molecular formula is C14H19ClN2. The summed E-state index contributed by atoms with van der Waals surface area (Å²) < 4.78 is 0. The molecule has 17 heavy (non-hydrogen) atoms. The highest BCUT2D eigenvalue weighted by Gasteiger charge is 2.36. The van der Waals surface area contributed by atoms with Crippen LogP contribution < -0.4 is 10.6 Å². The maximum Gasteiger partial charge on any atom is 0.0471 e. The summed E-state index contributed by atoms with van der Waals surface area (Å²) in [4.78, 5) is 2.49. The Morgan fingerprint density at radius 3 is 2.59 bits per heavy atom. The average Bonchev–Trinajstić information content (AvgIpc) is 2.88. The summed E-state index contributed by atoms with van der Waals surface area (Å²) >= 11 is 6.22. The molecule has 2 atom stereocenters. The minimum absolute atomic E-state index is 0.529. The van der Waals surface area contributed by atoms with Crippen LogP contribution >= 0.6 is 11.6 Å². The van der Waals surface area contributed by atoms with Crippen LogP contribution in [0.3, 0.4) is 0 Å². The first kappa shape index (κ1) is 11.4. The Labute approximate surface area is 108 Å². The zero-order valence-corrected chi connectivity index (χ0v) is 10.8. The first-order valence-corrected chi connectivity index (χ1v) is 6.90. The van der Waals surface area contributed by atoms with E-state index in [0.29, 0.717) is 6.54 Å². The molecule has 0 radical (unpaired) electrons. The Kier molecular flexibility index (Phi) is 3.01. The smallest absolute Gasteiger partial charge is 0.0471 e. The fourth-order valence-corrected chi connectivity index (χ4v) is 3.72. The van der Waals surface area contributed by atoms with Crippen molar-refractivity contribution in [2.75, 3.05) is 18.0 Å². The number of hydrogen-bond donors (Lipinski definition) is 1. The third kappa shape index (κ3) is 1.94. The number of hydrogen-bond acceptors (Lipinski definition) is 2. The molecule has 2 unspecified atom stereocenters. The summed E-state index contributed by atoms with van der Waals surface area (Å²) in [6.07, 6.45) is 4.22. The van der Waals surface area contributed by atoms with Gasteiger partial charge in [0.05, 0.1) is 0 Å². The molecule has 0 spiro atoms. The topological polar surface area (TPSA) is 29.3 Å². The summed E-state index contributed by atoms with van der Waals surface area (Å²) in [5, 5.41) is 0.807. The standard InChI is InChI=1S/C14H19ClN2/c15-13-5-2-6-14(12(13)7-16)17-8-10-3-1-4-11(10)9-17/h2,5-6,10-11H,1,3-4,7-9,16H2. The van der Waals surface area contributed by atoms with Gasteiger partial charge in [0.2, 0.25) is 0 Å². The molecule has 2 nitrogen and oxygen atoms in total. The van der Waals surface area contributed by atoms with E-state index in [9.17, 15) is 0 Å². The Balaban J connectivity index is 1.88. The molecule has 0 aromatic heterocycles. The Morgan fingerprint density at radius 1 is 1.24 bits per heavy atom. The van der Waals surface area contributed by atoms with E-state index in [1.807, 2.05) is 12.1 Å². The second-order valence-corrected chi connectivity index (χ2v) is 5.70. The lowest BCUT2D eigenvalue weighted by Crippen LogP contribution is -2.22. The molecular weight excluding hydrogens is 232 g/mol. The van der Waals surface area contributed by atoms with Crippen molar-refractivity contribution in [3.05, 3.63) is 28.8 Å². The van der Waals surface area contributed by atoms with Gasteiger partial charge in [-0.05, 0) is 36.8 Å². The summed E-state index contributed by atoms with van der Waals surface area (Å²) in [5.74, 6) is 1.80. The number of anilines is 1. The normalized spacial score (nSPS) is 27.5. The number of halogens is 1. The molecule has 1 aromatic rings. The fraction of sp³-hybridized carbons (Fsp3) is 0.571. The Hall–Kier alpha value is -0.730. The Morgan fingerprint density at radius 2 is 1.94 bits per heavy atom. The predicted octanol–water partition coefficient (Wildman–Crippen LogP) is 3.04. The van der Waals surface area contributed by atoms with Crippen LogP contribution in [0.1, 0.15) is 24.8 Å². The monoisotopic (exact) mass is 250 g/mol. The van der Waals surface area contributed by atoms with Crippen LogP contribution in [0.5, 0.6) is 0 Å². The van der Waals surface area contributed by atoms with E-state index in [1.165, 1.54) is 38.0 Å². The van der Waals surface area contributed by atoms with Gasteiger partial charge >= 0.3 is 0 Å². The minimum atomic E-state index is 0.529. The maximum atomic E-state index is 6.22. The van der Waals surface area contributed by atoms with E-state index in [-0.39, 0.29) is 0 Å². The zero-order valence-electron chi connectivity index (χ0n) is 10.0. The SMILES string of the molecule is NCc1c(Cl)cccc1N1CC2CCCC2C1. The first-order valence-electron chi connectivity index (χ1n) is 6.52. The molecule has 2 N–H and O–H groups in total.